The van der Waals surface area contributed by atoms with Crippen LogP contribution in [0.5, 0.6) is 5.75 Å². The first-order valence-electron chi connectivity index (χ1n) is 8.78. The molecule has 0 amide bonds. The molecule has 0 atom stereocenters. The molecule has 0 aliphatic heterocycles. The van der Waals surface area contributed by atoms with Gasteiger partial charge >= 0.3 is 0 Å². The molecule has 7 heteroatoms. The van der Waals surface area contributed by atoms with Crippen LogP contribution < -0.4 is 10.3 Å². The predicted octanol–water partition coefficient (Wildman–Crippen LogP) is 4.43. The Kier molecular flexibility index (Phi) is 6.46. The van der Waals surface area contributed by atoms with Crippen molar-refractivity contribution < 1.29 is 13.5 Å². The van der Waals surface area contributed by atoms with E-state index in [2.05, 4.69) is 16.0 Å². The zero-order valence-electron chi connectivity index (χ0n) is 15.6. The number of hydrogen-bond acceptors (Lipinski definition) is 4. The molecular formula is C21H20F2N2O2S. The van der Waals surface area contributed by atoms with Crippen LogP contribution in [0.1, 0.15) is 22.4 Å². The molecule has 1 N–H and O–H groups in total. The minimum atomic E-state index is -0.655. The third kappa shape index (κ3) is 5.42. The highest BCUT2D eigenvalue weighted by Crippen LogP contribution is 2.19. The van der Waals surface area contributed by atoms with Crippen molar-refractivity contribution >= 4 is 11.8 Å². The van der Waals surface area contributed by atoms with Crippen molar-refractivity contribution in [2.24, 2.45) is 0 Å². The Morgan fingerprint density at radius 3 is 2.43 bits per heavy atom. The lowest BCUT2D eigenvalue weighted by atomic mass is 10.1. The lowest BCUT2D eigenvalue weighted by Gasteiger charge is -2.09. The second-order valence-corrected chi connectivity index (χ2v) is 7.52. The molecule has 0 spiro atoms. The lowest BCUT2D eigenvalue weighted by molar-refractivity contribution is 0.343. The topological polar surface area (TPSA) is 55.0 Å². The van der Waals surface area contributed by atoms with Gasteiger partial charge in [0.25, 0.3) is 5.56 Å². The molecule has 3 aromatic rings. The Morgan fingerprint density at radius 2 is 1.75 bits per heavy atom. The van der Waals surface area contributed by atoms with Gasteiger partial charge in [-0.05, 0) is 49.2 Å². The van der Waals surface area contributed by atoms with Crippen LogP contribution in [0.2, 0.25) is 0 Å². The fourth-order valence-corrected chi connectivity index (χ4v) is 3.55. The van der Waals surface area contributed by atoms with Crippen molar-refractivity contribution in [1.82, 2.24) is 9.97 Å². The van der Waals surface area contributed by atoms with Crippen LogP contribution in [0.4, 0.5) is 8.78 Å². The molecule has 146 valence electrons. The Hall–Kier alpha value is -2.67. The second-order valence-electron chi connectivity index (χ2n) is 6.44. The molecule has 0 saturated carbocycles. The van der Waals surface area contributed by atoms with E-state index in [-0.39, 0.29) is 17.5 Å². The number of aryl methyl sites for hydroxylation is 2. The van der Waals surface area contributed by atoms with Gasteiger partial charge in [0.05, 0.1) is 12.3 Å². The largest absolute Gasteiger partial charge is 0.493 e. The predicted molar refractivity (Wildman–Crippen MR) is 106 cm³/mol. The van der Waals surface area contributed by atoms with E-state index in [4.69, 9.17) is 4.74 Å². The summed E-state index contributed by atoms with van der Waals surface area (Å²) in [4.78, 5) is 18.8. The number of nitrogens with zero attached hydrogens (tertiary/aromatic N) is 1. The van der Waals surface area contributed by atoms with Gasteiger partial charge in [0.1, 0.15) is 17.4 Å². The molecule has 1 aromatic heterocycles. The van der Waals surface area contributed by atoms with Crippen LogP contribution in [0.3, 0.4) is 0 Å². The maximum atomic E-state index is 13.8. The Bertz CT molecular complexity index is 997. The van der Waals surface area contributed by atoms with E-state index in [9.17, 15) is 13.6 Å². The SMILES string of the molecule is Cc1cc(C)cc(OCCSc2nc(Cc3c(F)cccc3F)cc(=O)[nH]2)c1. The number of aromatic nitrogens is 2. The van der Waals surface area contributed by atoms with E-state index in [1.165, 1.54) is 36.0 Å². The number of aromatic amines is 1. The molecule has 0 aliphatic carbocycles. The summed E-state index contributed by atoms with van der Waals surface area (Å²) in [5.74, 6) is 0.0487. The minimum Gasteiger partial charge on any atom is -0.493 e. The highest BCUT2D eigenvalue weighted by Gasteiger charge is 2.11. The molecule has 0 saturated heterocycles. The van der Waals surface area contributed by atoms with Crippen LogP contribution in [0.25, 0.3) is 0 Å². The monoisotopic (exact) mass is 402 g/mol. The summed E-state index contributed by atoms with van der Waals surface area (Å²) in [6.45, 7) is 4.45. The number of benzene rings is 2. The van der Waals surface area contributed by atoms with Crippen molar-refractivity contribution in [3.8, 4) is 5.75 Å². The van der Waals surface area contributed by atoms with E-state index in [1.807, 2.05) is 26.0 Å². The summed E-state index contributed by atoms with van der Waals surface area (Å²) in [5.41, 5.74) is 2.10. The smallest absolute Gasteiger partial charge is 0.251 e. The van der Waals surface area contributed by atoms with Crippen LogP contribution in [-0.4, -0.2) is 22.3 Å². The first-order valence-corrected chi connectivity index (χ1v) is 9.76. The first-order chi connectivity index (χ1) is 13.4. The molecule has 4 nitrogen and oxygen atoms in total. The van der Waals surface area contributed by atoms with E-state index >= 15 is 0 Å². The number of nitrogens with one attached hydrogen (secondary N) is 1. The van der Waals surface area contributed by atoms with E-state index < -0.39 is 11.6 Å². The lowest BCUT2D eigenvalue weighted by Crippen LogP contribution is -2.12. The van der Waals surface area contributed by atoms with Crippen LogP contribution >= 0.6 is 11.8 Å². The maximum Gasteiger partial charge on any atom is 0.251 e. The van der Waals surface area contributed by atoms with Crippen molar-refractivity contribution in [1.29, 1.82) is 0 Å². The first kappa shape index (κ1) is 20.1. The Labute approximate surface area is 166 Å². The molecule has 1 heterocycles. The van der Waals surface area contributed by atoms with Crippen LogP contribution in [0.15, 0.2) is 52.4 Å². The zero-order chi connectivity index (χ0) is 20.1. The van der Waals surface area contributed by atoms with Crippen LogP contribution in [-0.2, 0) is 6.42 Å². The molecule has 0 aliphatic rings. The number of halogens is 2. The summed E-state index contributed by atoms with van der Waals surface area (Å²) >= 11 is 1.32. The molecular weight excluding hydrogens is 382 g/mol. The van der Waals surface area contributed by atoms with E-state index in [0.717, 1.165) is 16.9 Å². The average Bonchev–Trinajstić information content (AvgIpc) is 2.61. The highest BCUT2D eigenvalue weighted by atomic mass is 32.2. The summed E-state index contributed by atoms with van der Waals surface area (Å²) in [6.07, 6.45) is -0.0882. The third-order valence-corrected chi connectivity index (χ3v) is 4.82. The summed E-state index contributed by atoms with van der Waals surface area (Å²) < 4.78 is 33.4. The normalized spacial score (nSPS) is 10.9. The second kappa shape index (κ2) is 9.01. The zero-order valence-corrected chi connectivity index (χ0v) is 16.4. The number of ether oxygens (including phenoxy) is 1. The van der Waals surface area contributed by atoms with Gasteiger partial charge in [-0.3, -0.25) is 4.79 Å². The van der Waals surface area contributed by atoms with Crippen molar-refractivity contribution in [2.45, 2.75) is 25.4 Å². The fourth-order valence-electron chi connectivity index (χ4n) is 2.84. The minimum absolute atomic E-state index is 0.0882. The quantitative estimate of drug-likeness (QED) is 0.361. The Balaban J connectivity index is 1.62. The number of hydrogen-bond donors (Lipinski definition) is 1. The van der Waals surface area contributed by atoms with Gasteiger partial charge in [0, 0.05) is 23.8 Å². The van der Waals surface area contributed by atoms with Gasteiger partial charge in [-0.2, -0.15) is 0 Å². The molecule has 28 heavy (non-hydrogen) atoms. The highest BCUT2D eigenvalue weighted by molar-refractivity contribution is 7.99. The van der Waals surface area contributed by atoms with Crippen LogP contribution in [0, 0.1) is 25.5 Å². The van der Waals surface area contributed by atoms with Gasteiger partial charge in [-0.15, -0.1) is 0 Å². The van der Waals surface area contributed by atoms with Gasteiger partial charge < -0.3 is 9.72 Å². The van der Waals surface area contributed by atoms with Gasteiger partial charge in [-0.1, -0.05) is 23.9 Å². The fraction of sp³-hybridized carbons (Fsp3) is 0.238. The van der Waals surface area contributed by atoms with Gasteiger partial charge in [0.15, 0.2) is 5.16 Å². The standard InChI is InChI=1S/C21H20F2N2O2S/c1-13-8-14(2)10-16(9-13)27-6-7-28-21-24-15(12-20(26)25-21)11-17-18(22)4-3-5-19(17)23/h3-5,8-10,12H,6-7,11H2,1-2H3,(H,24,25,26). The average molecular weight is 402 g/mol. The Morgan fingerprint density at radius 1 is 1.07 bits per heavy atom. The molecule has 3 rings (SSSR count). The number of thioether (sulfide) groups is 1. The van der Waals surface area contributed by atoms with Crippen molar-refractivity contribution in [3.05, 3.63) is 86.8 Å². The molecule has 0 radical (unpaired) electrons. The summed E-state index contributed by atoms with van der Waals surface area (Å²) in [6, 6.07) is 10.9. The number of H-pyrrole nitrogens is 1. The van der Waals surface area contributed by atoms with Gasteiger partial charge in [-0.25, -0.2) is 13.8 Å². The molecule has 0 bridgehead atoms. The number of rotatable bonds is 7. The van der Waals surface area contributed by atoms with E-state index in [0.29, 0.717) is 23.2 Å². The van der Waals surface area contributed by atoms with E-state index in [1.54, 1.807) is 0 Å². The van der Waals surface area contributed by atoms with Crippen molar-refractivity contribution in [3.63, 3.8) is 0 Å². The summed E-state index contributed by atoms with van der Waals surface area (Å²) in [5, 5.41) is 0.392. The maximum absolute atomic E-state index is 13.8. The van der Waals surface area contributed by atoms with Gasteiger partial charge in [0.2, 0.25) is 0 Å². The molecule has 0 unspecified atom stereocenters. The summed E-state index contributed by atoms with van der Waals surface area (Å²) in [7, 11) is 0. The third-order valence-electron chi connectivity index (χ3n) is 3.98. The molecule has 2 aromatic carbocycles. The molecule has 0 fully saturated rings. The van der Waals surface area contributed by atoms with Crippen molar-refractivity contribution in [2.75, 3.05) is 12.4 Å².